The van der Waals surface area contributed by atoms with Crippen molar-refractivity contribution in [2.45, 2.75) is 30.7 Å². The van der Waals surface area contributed by atoms with Gasteiger partial charge in [-0.05, 0) is 24.6 Å². The number of amidine groups is 1. The van der Waals surface area contributed by atoms with Gasteiger partial charge in [-0.15, -0.1) is 0 Å². The third kappa shape index (κ3) is 2.95. The molecule has 0 radical (unpaired) electrons. The van der Waals surface area contributed by atoms with E-state index in [0.29, 0.717) is 6.42 Å². The Morgan fingerprint density at radius 1 is 1.61 bits per heavy atom. The maximum atomic E-state index is 8.52. The van der Waals surface area contributed by atoms with Crippen molar-refractivity contribution in [2.75, 3.05) is 0 Å². The Bertz CT molecular complexity index is 578. The highest BCUT2D eigenvalue weighted by Crippen LogP contribution is 2.25. The highest BCUT2D eigenvalue weighted by Gasteiger charge is 2.10. The Morgan fingerprint density at radius 3 is 3.11 bits per heavy atom. The highest BCUT2D eigenvalue weighted by molar-refractivity contribution is 7.99. The van der Waals surface area contributed by atoms with Crippen LogP contribution in [0.15, 0.2) is 28.5 Å². The fraction of sp³-hybridized carbons (Fsp3) is 0.333. The molecule has 0 amide bonds. The normalized spacial score (nSPS) is 14.0. The SMILES string of the molecule is Cc1ccc2nc(SC(C)CC(N)=NO)[nH]c2c1. The molecule has 0 bridgehead atoms. The first-order chi connectivity index (χ1) is 8.58. The van der Waals surface area contributed by atoms with E-state index in [1.165, 1.54) is 5.56 Å². The van der Waals surface area contributed by atoms with E-state index in [2.05, 4.69) is 21.2 Å². The second-order valence-corrected chi connectivity index (χ2v) is 5.71. The van der Waals surface area contributed by atoms with Gasteiger partial charge in [0.2, 0.25) is 0 Å². The number of hydrogen-bond acceptors (Lipinski definition) is 4. The minimum absolute atomic E-state index is 0.197. The van der Waals surface area contributed by atoms with Gasteiger partial charge in [0.05, 0.1) is 11.0 Å². The molecule has 0 fully saturated rings. The number of hydrogen-bond donors (Lipinski definition) is 3. The van der Waals surface area contributed by atoms with Crippen LogP contribution in [0.4, 0.5) is 0 Å². The van der Waals surface area contributed by atoms with Crippen molar-refractivity contribution in [3.05, 3.63) is 23.8 Å². The maximum absolute atomic E-state index is 8.52. The number of H-pyrrole nitrogens is 1. The number of aromatic amines is 1. The van der Waals surface area contributed by atoms with E-state index >= 15 is 0 Å². The predicted molar refractivity (Wildman–Crippen MR) is 74.2 cm³/mol. The molecule has 0 spiro atoms. The number of nitrogens with one attached hydrogen (secondary N) is 1. The van der Waals surface area contributed by atoms with Crippen molar-refractivity contribution >= 4 is 28.6 Å². The average molecular weight is 264 g/mol. The lowest BCUT2D eigenvalue weighted by atomic mass is 10.2. The fourth-order valence-corrected chi connectivity index (χ4v) is 2.68. The molecule has 2 rings (SSSR count). The lowest BCUT2D eigenvalue weighted by Crippen LogP contribution is -2.16. The summed E-state index contributed by atoms with van der Waals surface area (Å²) in [5.41, 5.74) is 8.67. The van der Waals surface area contributed by atoms with Crippen molar-refractivity contribution in [2.24, 2.45) is 10.9 Å². The van der Waals surface area contributed by atoms with Crippen LogP contribution in [0.5, 0.6) is 0 Å². The molecule has 0 aliphatic rings. The second kappa shape index (κ2) is 5.30. The van der Waals surface area contributed by atoms with Crippen molar-refractivity contribution in [3.8, 4) is 0 Å². The fourth-order valence-electron chi connectivity index (χ4n) is 1.72. The standard InChI is InChI=1S/C12H16N4OS/c1-7-3-4-9-10(5-7)15-12(14-9)18-8(2)6-11(13)16-17/h3-5,8,17H,6H2,1-2H3,(H2,13,16)(H,14,15). The minimum Gasteiger partial charge on any atom is -0.409 e. The average Bonchev–Trinajstić information content (AvgIpc) is 2.69. The van der Waals surface area contributed by atoms with Gasteiger partial charge in [0.15, 0.2) is 5.16 Å². The lowest BCUT2D eigenvalue weighted by molar-refractivity contribution is 0.317. The number of oxime groups is 1. The van der Waals surface area contributed by atoms with E-state index in [4.69, 9.17) is 10.9 Å². The van der Waals surface area contributed by atoms with Crippen LogP contribution in [0.25, 0.3) is 11.0 Å². The van der Waals surface area contributed by atoms with Gasteiger partial charge < -0.3 is 15.9 Å². The smallest absolute Gasteiger partial charge is 0.166 e. The van der Waals surface area contributed by atoms with Crippen LogP contribution < -0.4 is 5.73 Å². The summed E-state index contributed by atoms with van der Waals surface area (Å²) in [4.78, 5) is 7.76. The van der Waals surface area contributed by atoms with Crippen LogP contribution in [0.3, 0.4) is 0 Å². The van der Waals surface area contributed by atoms with Gasteiger partial charge in [-0.3, -0.25) is 0 Å². The summed E-state index contributed by atoms with van der Waals surface area (Å²) in [6.45, 7) is 4.06. The molecule has 4 N–H and O–H groups in total. The van der Waals surface area contributed by atoms with Crippen molar-refractivity contribution < 1.29 is 5.21 Å². The third-order valence-electron chi connectivity index (χ3n) is 2.55. The summed E-state index contributed by atoms with van der Waals surface area (Å²) >= 11 is 1.58. The molecule has 0 saturated carbocycles. The quantitative estimate of drug-likeness (QED) is 0.260. The third-order valence-corrected chi connectivity index (χ3v) is 3.54. The summed E-state index contributed by atoms with van der Waals surface area (Å²) < 4.78 is 0. The van der Waals surface area contributed by atoms with E-state index in [0.717, 1.165) is 16.2 Å². The van der Waals surface area contributed by atoms with Gasteiger partial charge in [0.25, 0.3) is 0 Å². The zero-order valence-corrected chi connectivity index (χ0v) is 11.2. The molecule has 1 heterocycles. The molecule has 18 heavy (non-hydrogen) atoms. The van der Waals surface area contributed by atoms with Gasteiger partial charge in [-0.2, -0.15) is 0 Å². The lowest BCUT2D eigenvalue weighted by Gasteiger charge is -2.06. The molecule has 1 aromatic heterocycles. The number of aryl methyl sites for hydroxylation is 1. The number of nitrogens with two attached hydrogens (primary N) is 1. The first-order valence-corrected chi connectivity index (χ1v) is 6.56. The van der Waals surface area contributed by atoms with E-state index in [1.54, 1.807) is 11.8 Å². The van der Waals surface area contributed by atoms with Crippen LogP contribution >= 0.6 is 11.8 Å². The molecule has 1 unspecified atom stereocenters. The molecule has 6 heteroatoms. The Morgan fingerprint density at radius 2 is 2.39 bits per heavy atom. The molecular formula is C12H16N4OS. The largest absolute Gasteiger partial charge is 0.409 e. The summed E-state index contributed by atoms with van der Waals surface area (Å²) in [5, 5.41) is 12.6. The Kier molecular flexibility index (Phi) is 3.76. The van der Waals surface area contributed by atoms with Crippen molar-refractivity contribution in [1.29, 1.82) is 0 Å². The van der Waals surface area contributed by atoms with E-state index in [9.17, 15) is 0 Å². The molecule has 0 saturated heterocycles. The number of benzene rings is 1. The first-order valence-electron chi connectivity index (χ1n) is 5.68. The summed E-state index contributed by atoms with van der Waals surface area (Å²) in [6, 6.07) is 6.11. The first kappa shape index (κ1) is 12.8. The minimum atomic E-state index is 0.197. The second-order valence-electron chi connectivity index (χ2n) is 4.29. The number of fused-ring (bicyclic) bond motifs is 1. The predicted octanol–water partition coefficient (Wildman–Crippen LogP) is 2.49. The summed E-state index contributed by atoms with van der Waals surface area (Å²) in [6.07, 6.45) is 0.525. The summed E-state index contributed by atoms with van der Waals surface area (Å²) in [7, 11) is 0. The number of rotatable bonds is 4. The topological polar surface area (TPSA) is 87.3 Å². The zero-order chi connectivity index (χ0) is 13.1. The van der Waals surface area contributed by atoms with E-state index in [-0.39, 0.29) is 11.1 Å². The molecule has 1 aromatic carbocycles. The number of thioether (sulfide) groups is 1. The number of imidazole rings is 1. The van der Waals surface area contributed by atoms with Crippen molar-refractivity contribution in [1.82, 2.24) is 9.97 Å². The molecule has 0 aliphatic carbocycles. The Hall–Kier alpha value is -1.69. The summed E-state index contributed by atoms with van der Waals surface area (Å²) in [5.74, 6) is 0.238. The van der Waals surface area contributed by atoms with Crippen LogP contribution in [0, 0.1) is 6.92 Å². The highest BCUT2D eigenvalue weighted by atomic mass is 32.2. The van der Waals surface area contributed by atoms with Crippen LogP contribution in [-0.2, 0) is 0 Å². The number of aromatic nitrogens is 2. The van der Waals surface area contributed by atoms with Crippen LogP contribution in [0.1, 0.15) is 18.9 Å². The van der Waals surface area contributed by atoms with Gasteiger partial charge in [0, 0.05) is 11.7 Å². The Labute approximate surface area is 109 Å². The Balaban J connectivity index is 2.12. The monoisotopic (exact) mass is 264 g/mol. The van der Waals surface area contributed by atoms with Crippen LogP contribution in [0.2, 0.25) is 0 Å². The molecule has 1 atom stereocenters. The van der Waals surface area contributed by atoms with Gasteiger partial charge in [-0.1, -0.05) is 29.9 Å². The van der Waals surface area contributed by atoms with Gasteiger partial charge in [-0.25, -0.2) is 4.98 Å². The van der Waals surface area contributed by atoms with Crippen LogP contribution in [-0.4, -0.2) is 26.3 Å². The molecule has 0 aliphatic heterocycles. The van der Waals surface area contributed by atoms with Gasteiger partial charge >= 0.3 is 0 Å². The van der Waals surface area contributed by atoms with E-state index in [1.807, 2.05) is 26.0 Å². The maximum Gasteiger partial charge on any atom is 0.166 e. The molecule has 5 nitrogen and oxygen atoms in total. The van der Waals surface area contributed by atoms with Crippen molar-refractivity contribution in [3.63, 3.8) is 0 Å². The zero-order valence-electron chi connectivity index (χ0n) is 10.3. The van der Waals surface area contributed by atoms with Gasteiger partial charge in [0.1, 0.15) is 5.84 Å². The molecular weight excluding hydrogens is 248 g/mol. The molecule has 96 valence electrons. The number of nitrogens with zero attached hydrogens (tertiary/aromatic N) is 2. The molecule has 2 aromatic rings. The van der Waals surface area contributed by atoms with E-state index < -0.39 is 0 Å².